The average Bonchev–Trinajstić information content (AvgIpc) is 2.54. The summed E-state index contributed by atoms with van der Waals surface area (Å²) in [4.78, 5) is 20.7. The Hall–Kier alpha value is -1.50. The largest absolute Gasteiger partial charge is 0.306 e. The topological polar surface area (TPSA) is 68.7 Å². The summed E-state index contributed by atoms with van der Waals surface area (Å²) in [5.41, 5.74) is 4.11. The Bertz CT molecular complexity index is 526. The van der Waals surface area contributed by atoms with Gasteiger partial charge in [0.15, 0.2) is 0 Å². The van der Waals surface area contributed by atoms with Gasteiger partial charge in [0.05, 0.1) is 0 Å². The molecule has 114 valence electrons. The monoisotopic (exact) mass is 290 g/mol. The highest BCUT2D eigenvalue weighted by Crippen LogP contribution is 2.24. The van der Waals surface area contributed by atoms with Crippen molar-refractivity contribution in [3.05, 3.63) is 29.1 Å². The van der Waals surface area contributed by atoms with E-state index in [1.165, 1.54) is 31.5 Å². The van der Waals surface area contributed by atoms with Gasteiger partial charge < -0.3 is 4.90 Å². The molecule has 1 aromatic rings. The molecule has 2 aliphatic rings. The molecule has 1 aromatic heterocycles. The van der Waals surface area contributed by atoms with Gasteiger partial charge in [-0.15, -0.1) is 0 Å². The van der Waals surface area contributed by atoms with Gasteiger partial charge >= 0.3 is 0 Å². The van der Waals surface area contributed by atoms with E-state index in [1.807, 2.05) is 6.07 Å². The zero-order valence-corrected chi connectivity index (χ0v) is 12.4. The number of nitrogens with zero attached hydrogens (tertiary/aromatic N) is 3. The number of carbonyl (C=O) groups is 1. The number of fused-ring (bicyclic) bond motifs is 1. The highest BCUT2D eigenvalue weighted by Gasteiger charge is 2.27. The predicted molar refractivity (Wildman–Crippen MR) is 78.1 cm³/mol. The highest BCUT2D eigenvalue weighted by molar-refractivity contribution is 5.91. The number of piperidine rings is 1. The van der Waals surface area contributed by atoms with Gasteiger partial charge in [0.2, 0.25) is 0 Å². The van der Waals surface area contributed by atoms with Gasteiger partial charge in [-0.3, -0.25) is 14.9 Å². The van der Waals surface area contributed by atoms with E-state index in [1.54, 1.807) is 11.5 Å². The molecule has 0 aromatic carbocycles. The molecule has 1 fully saturated rings. The van der Waals surface area contributed by atoms with Gasteiger partial charge in [-0.2, -0.15) is 0 Å². The Labute approximate surface area is 124 Å². The van der Waals surface area contributed by atoms with Crippen LogP contribution in [0.5, 0.6) is 0 Å². The van der Waals surface area contributed by atoms with Gasteiger partial charge in [0, 0.05) is 31.2 Å². The molecular formula is C15H22N4O2. The van der Waals surface area contributed by atoms with Gasteiger partial charge in [-0.25, -0.2) is 10.5 Å². The van der Waals surface area contributed by atoms with Crippen LogP contribution >= 0.6 is 0 Å². The molecule has 0 unspecified atom stereocenters. The van der Waals surface area contributed by atoms with Crippen LogP contribution in [0.25, 0.3) is 0 Å². The van der Waals surface area contributed by atoms with E-state index in [0.717, 1.165) is 25.2 Å². The average molecular weight is 290 g/mol. The van der Waals surface area contributed by atoms with Crippen LogP contribution in [-0.2, 0) is 13.0 Å². The van der Waals surface area contributed by atoms with Crippen LogP contribution < -0.4 is 5.48 Å². The molecular weight excluding hydrogens is 268 g/mol. The third-order valence-electron chi connectivity index (χ3n) is 4.62. The van der Waals surface area contributed by atoms with Crippen LogP contribution in [0, 0.1) is 0 Å². The molecule has 0 bridgehead atoms. The van der Waals surface area contributed by atoms with Crippen LogP contribution in [0.15, 0.2) is 12.1 Å². The summed E-state index contributed by atoms with van der Waals surface area (Å²) in [5, 5.41) is 8.67. The number of hydrogen-bond acceptors (Lipinski definition) is 5. The molecule has 1 amide bonds. The minimum absolute atomic E-state index is 0.281. The lowest BCUT2D eigenvalue weighted by Crippen LogP contribution is -2.45. The van der Waals surface area contributed by atoms with E-state index in [2.05, 4.69) is 21.8 Å². The molecule has 1 saturated heterocycles. The first-order chi connectivity index (χ1) is 10.2. The fourth-order valence-electron chi connectivity index (χ4n) is 3.29. The minimum Gasteiger partial charge on any atom is -0.306 e. The van der Waals surface area contributed by atoms with Crippen LogP contribution in [0.2, 0.25) is 0 Å². The van der Waals surface area contributed by atoms with Crippen molar-refractivity contribution in [3.8, 4) is 0 Å². The third kappa shape index (κ3) is 3.07. The Morgan fingerprint density at radius 1 is 1.33 bits per heavy atom. The zero-order chi connectivity index (χ0) is 14.8. The number of amides is 1. The van der Waals surface area contributed by atoms with Gasteiger partial charge in [0.25, 0.3) is 5.91 Å². The number of hydroxylamine groups is 1. The van der Waals surface area contributed by atoms with E-state index >= 15 is 0 Å². The maximum absolute atomic E-state index is 11.4. The van der Waals surface area contributed by atoms with E-state index in [9.17, 15) is 4.79 Å². The molecule has 6 nitrogen and oxygen atoms in total. The van der Waals surface area contributed by atoms with Gasteiger partial charge in [0.1, 0.15) is 5.69 Å². The molecule has 0 saturated carbocycles. The van der Waals surface area contributed by atoms with Crippen molar-refractivity contribution in [2.45, 2.75) is 31.8 Å². The summed E-state index contributed by atoms with van der Waals surface area (Å²) in [6, 6.07) is 4.31. The zero-order valence-electron chi connectivity index (χ0n) is 12.4. The first-order valence-electron chi connectivity index (χ1n) is 7.53. The van der Waals surface area contributed by atoms with Crippen LogP contribution in [0.3, 0.4) is 0 Å². The molecule has 0 radical (unpaired) electrons. The lowest BCUT2D eigenvalue weighted by molar-refractivity contribution is 0.0699. The SMILES string of the molecule is CN1CCC(N2CCc3nc(C(=O)NO)ccc3C2)CC1. The molecule has 21 heavy (non-hydrogen) atoms. The standard InChI is InChI=1S/C15H22N4O2/c1-18-7-4-12(5-8-18)19-9-6-13-11(10-19)2-3-14(16-13)15(20)17-21/h2-3,12,21H,4-10H2,1H3,(H,17,20). The second-order valence-electron chi connectivity index (χ2n) is 6.00. The van der Waals surface area contributed by atoms with Crippen molar-refractivity contribution < 1.29 is 10.0 Å². The molecule has 0 spiro atoms. The van der Waals surface area contributed by atoms with Crippen molar-refractivity contribution in [3.63, 3.8) is 0 Å². The van der Waals surface area contributed by atoms with Crippen molar-refractivity contribution >= 4 is 5.91 Å². The highest BCUT2D eigenvalue weighted by atomic mass is 16.5. The van der Waals surface area contributed by atoms with E-state index in [4.69, 9.17) is 5.21 Å². The lowest BCUT2D eigenvalue weighted by Gasteiger charge is -2.39. The summed E-state index contributed by atoms with van der Waals surface area (Å²) in [5.74, 6) is -0.546. The van der Waals surface area contributed by atoms with Crippen molar-refractivity contribution in [1.82, 2.24) is 20.3 Å². The quantitative estimate of drug-likeness (QED) is 0.618. The maximum atomic E-state index is 11.4. The normalized spacial score (nSPS) is 21.0. The number of aromatic nitrogens is 1. The fraction of sp³-hybridized carbons (Fsp3) is 0.600. The van der Waals surface area contributed by atoms with Crippen molar-refractivity contribution in [1.29, 1.82) is 0 Å². The van der Waals surface area contributed by atoms with Crippen molar-refractivity contribution in [2.24, 2.45) is 0 Å². The van der Waals surface area contributed by atoms with Gasteiger partial charge in [-0.05, 0) is 44.6 Å². The second kappa shape index (κ2) is 6.09. The number of likely N-dealkylation sites (tertiary alicyclic amines) is 1. The molecule has 0 aliphatic carbocycles. The number of carbonyl (C=O) groups excluding carboxylic acids is 1. The number of hydrogen-bond donors (Lipinski definition) is 2. The Morgan fingerprint density at radius 2 is 2.10 bits per heavy atom. The van der Waals surface area contributed by atoms with Crippen molar-refractivity contribution in [2.75, 3.05) is 26.7 Å². The van der Waals surface area contributed by atoms with Crippen LogP contribution in [-0.4, -0.2) is 58.6 Å². The number of rotatable bonds is 2. The number of pyridine rings is 1. The fourth-order valence-corrected chi connectivity index (χ4v) is 3.29. The Balaban J connectivity index is 1.70. The first kappa shape index (κ1) is 14.4. The predicted octanol–water partition coefficient (Wildman–Crippen LogP) is 0.653. The van der Waals surface area contributed by atoms with E-state index in [-0.39, 0.29) is 5.69 Å². The van der Waals surface area contributed by atoms with E-state index in [0.29, 0.717) is 6.04 Å². The summed E-state index contributed by atoms with van der Waals surface area (Å²) in [6.45, 7) is 4.25. The Morgan fingerprint density at radius 3 is 2.81 bits per heavy atom. The maximum Gasteiger partial charge on any atom is 0.293 e. The smallest absolute Gasteiger partial charge is 0.293 e. The summed E-state index contributed by atoms with van der Waals surface area (Å²) in [6.07, 6.45) is 3.32. The molecule has 2 aliphatic heterocycles. The summed E-state index contributed by atoms with van der Waals surface area (Å²) >= 11 is 0. The summed E-state index contributed by atoms with van der Waals surface area (Å²) in [7, 11) is 2.18. The molecule has 6 heteroatoms. The summed E-state index contributed by atoms with van der Waals surface area (Å²) < 4.78 is 0. The van der Waals surface area contributed by atoms with Crippen LogP contribution in [0.1, 0.15) is 34.6 Å². The van der Waals surface area contributed by atoms with Gasteiger partial charge in [-0.1, -0.05) is 6.07 Å². The molecule has 2 N–H and O–H groups in total. The number of nitrogens with one attached hydrogen (secondary N) is 1. The first-order valence-corrected chi connectivity index (χ1v) is 7.53. The van der Waals surface area contributed by atoms with E-state index < -0.39 is 5.91 Å². The lowest BCUT2D eigenvalue weighted by atomic mass is 9.98. The molecule has 3 rings (SSSR count). The Kier molecular flexibility index (Phi) is 4.19. The second-order valence-corrected chi connectivity index (χ2v) is 6.00. The van der Waals surface area contributed by atoms with Crippen LogP contribution in [0.4, 0.5) is 0 Å². The minimum atomic E-state index is -0.546. The third-order valence-corrected chi connectivity index (χ3v) is 4.62. The molecule has 3 heterocycles. The molecule has 0 atom stereocenters.